The number of carbonyl (C=O) groups is 1. The molecule has 3 aromatic rings. The molecule has 0 spiro atoms. The van der Waals surface area contributed by atoms with Crippen molar-refractivity contribution in [2.24, 2.45) is 7.05 Å². The molecular formula is C19H20FN5O2. The van der Waals surface area contributed by atoms with Crippen molar-refractivity contribution >= 4 is 28.4 Å². The summed E-state index contributed by atoms with van der Waals surface area (Å²) in [4.78, 5) is 23.0. The summed E-state index contributed by atoms with van der Waals surface area (Å²) in [5.74, 6) is 1.03. The predicted octanol–water partition coefficient (Wildman–Crippen LogP) is 2.69. The molecule has 0 atom stereocenters. The summed E-state index contributed by atoms with van der Waals surface area (Å²) >= 11 is 0. The van der Waals surface area contributed by atoms with Gasteiger partial charge in [0.2, 0.25) is 5.88 Å². The van der Waals surface area contributed by atoms with E-state index in [0.29, 0.717) is 18.2 Å². The van der Waals surface area contributed by atoms with Crippen LogP contribution in [0.1, 0.15) is 16.1 Å². The molecule has 27 heavy (non-hydrogen) atoms. The van der Waals surface area contributed by atoms with Gasteiger partial charge in [0.1, 0.15) is 24.7 Å². The highest BCUT2D eigenvalue weighted by Gasteiger charge is 2.28. The number of aryl methyl sites for hydroxylation is 1. The summed E-state index contributed by atoms with van der Waals surface area (Å²) in [5, 5.41) is 4.06. The number of pyridine rings is 2. The van der Waals surface area contributed by atoms with E-state index in [9.17, 15) is 9.18 Å². The van der Waals surface area contributed by atoms with Gasteiger partial charge in [0, 0.05) is 56.1 Å². The van der Waals surface area contributed by atoms with Crippen LogP contribution in [0.3, 0.4) is 0 Å². The number of ether oxygens (including phenoxy) is 1. The van der Waals surface area contributed by atoms with Gasteiger partial charge in [-0.05, 0) is 18.2 Å². The van der Waals surface area contributed by atoms with Crippen LogP contribution in [0.25, 0.3) is 11.0 Å². The summed E-state index contributed by atoms with van der Waals surface area (Å²) in [6.07, 6.45) is 2.40. The van der Waals surface area contributed by atoms with Crippen molar-refractivity contribution in [3.05, 3.63) is 41.7 Å². The molecule has 0 unspecified atom stereocenters. The van der Waals surface area contributed by atoms with E-state index in [1.165, 1.54) is 0 Å². The van der Waals surface area contributed by atoms with Crippen molar-refractivity contribution in [2.75, 3.05) is 32.2 Å². The SMILES string of the molecule is CN1CCc2c(c3ccc(Nc4ccnc(OCCF)c4)nc3n2C)C1=O. The molecule has 0 aliphatic carbocycles. The van der Waals surface area contributed by atoms with Gasteiger partial charge in [0.15, 0.2) is 0 Å². The van der Waals surface area contributed by atoms with Gasteiger partial charge >= 0.3 is 0 Å². The Hall–Kier alpha value is -3.16. The number of amides is 1. The first-order valence-electron chi connectivity index (χ1n) is 8.74. The van der Waals surface area contributed by atoms with Crippen LogP contribution in [0.2, 0.25) is 0 Å². The quantitative estimate of drug-likeness (QED) is 0.749. The molecule has 1 aliphatic rings. The number of rotatable bonds is 5. The summed E-state index contributed by atoms with van der Waals surface area (Å²) in [7, 11) is 3.76. The third-order valence-electron chi connectivity index (χ3n) is 4.73. The van der Waals surface area contributed by atoms with Gasteiger partial charge in [-0.2, -0.15) is 0 Å². The average molecular weight is 369 g/mol. The highest BCUT2D eigenvalue weighted by molar-refractivity contribution is 6.08. The Morgan fingerprint density at radius 2 is 2.15 bits per heavy atom. The molecule has 7 nitrogen and oxygen atoms in total. The molecular weight excluding hydrogens is 349 g/mol. The number of halogens is 1. The van der Waals surface area contributed by atoms with Crippen molar-refractivity contribution in [1.29, 1.82) is 0 Å². The Bertz CT molecular complexity index is 1020. The zero-order valence-corrected chi connectivity index (χ0v) is 15.2. The highest BCUT2D eigenvalue weighted by Crippen LogP contribution is 2.30. The minimum Gasteiger partial charge on any atom is -0.475 e. The lowest BCUT2D eigenvalue weighted by atomic mass is 10.0. The van der Waals surface area contributed by atoms with Crippen LogP contribution in [0.4, 0.5) is 15.9 Å². The largest absolute Gasteiger partial charge is 0.475 e. The molecule has 1 N–H and O–H groups in total. The van der Waals surface area contributed by atoms with Crippen LogP contribution < -0.4 is 10.1 Å². The Kier molecular flexibility index (Phi) is 4.39. The lowest BCUT2D eigenvalue weighted by molar-refractivity contribution is 0.0781. The van der Waals surface area contributed by atoms with Gasteiger partial charge in [-0.15, -0.1) is 0 Å². The Morgan fingerprint density at radius 1 is 1.30 bits per heavy atom. The van der Waals surface area contributed by atoms with Gasteiger partial charge in [0.25, 0.3) is 5.91 Å². The van der Waals surface area contributed by atoms with E-state index < -0.39 is 6.67 Å². The first-order valence-corrected chi connectivity index (χ1v) is 8.74. The zero-order valence-electron chi connectivity index (χ0n) is 15.2. The van der Waals surface area contributed by atoms with Crippen molar-refractivity contribution < 1.29 is 13.9 Å². The fourth-order valence-electron chi connectivity index (χ4n) is 3.37. The van der Waals surface area contributed by atoms with Crippen LogP contribution >= 0.6 is 0 Å². The molecule has 0 fully saturated rings. The molecule has 8 heteroatoms. The number of fused-ring (bicyclic) bond motifs is 3. The van der Waals surface area contributed by atoms with Crippen molar-refractivity contribution in [3.63, 3.8) is 0 Å². The van der Waals surface area contributed by atoms with Gasteiger partial charge in [0.05, 0.1) is 5.56 Å². The number of hydrogen-bond acceptors (Lipinski definition) is 5. The average Bonchev–Trinajstić information content (AvgIpc) is 2.96. The Balaban J connectivity index is 1.67. The lowest BCUT2D eigenvalue weighted by Gasteiger charge is -2.23. The van der Waals surface area contributed by atoms with E-state index in [1.54, 1.807) is 23.2 Å². The fraction of sp³-hybridized carbons (Fsp3) is 0.316. The maximum Gasteiger partial charge on any atom is 0.256 e. The summed E-state index contributed by atoms with van der Waals surface area (Å²) in [5.41, 5.74) is 3.26. The van der Waals surface area contributed by atoms with Crippen LogP contribution in [0, 0.1) is 0 Å². The molecule has 4 rings (SSSR count). The second-order valence-electron chi connectivity index (χ2n) is 6.47. The van der Waals surface area contributed by atoms with Crippen LogP contribution in [0.15, 0.2) is 30.5 Å². The molecule has 4 heterocycles. The van der Waals surface area contributed by atoms with Crippen LogP contribution in [-0.4, -0.2) is 52.2 Å². The van der Waals surface area contributed by atoms with E-state index in [1.807, 2.05) is 30.8 Å². The number of carbonyl (C=O) groups excluding carboxylic acids is 1. The van der Waals surface area contributed by atoms with Gasteiger partial charge in [-0.3, -0.25) is 4.79 Å². The number of likely N-dealkylation sites (N-methyl/N-ethyl adjacent to an activating group) is 1. The molecule has 0 aromatic carbocycles. The van der Waals surface area contributed by atoms with Crippen molar-refractivity contribution in [1.82, 2.24) is 19.4 Å². The monoisotopic (exact) mass is 369 g/mol. The standard InChI is InChI=1S/C19H20FN5O2/c1-24-9-6-14-17(19(24)26)13-3-4-15(23-18(13)25(14)2)22-12-5-8-21-16(11-12)27-10-7-20/h3-5,8,11H,6-7,9-10H2,1-2H3,(H,21,22,23). The first kappa shape index (κ1) is 17.3. The topological polar surface area (TPSA) is 72.3 Å². The van der Waals surface area contributed by atoms with Crippen LogP contribution in [0.5, 0.6) is 5.88 Å². The number of hydrogen-bond donors (Lipinski definition) is 1. The minimum absolute atomic E-state index is 0.0297. The smallest absolute Gasteiger partial charge is 0.256 e. The lowest BCUT2D eigenvalue weighted by Crippen LogP contribution is -2.34. The molecule has 1 amide bonds. The number of aromatic nitrogens is 3. The predicted molar refractivity (Wildman–Crippen MR) is 100 cm³/mol. The second-order valence-corrected chi connectivity index (χ2v) is 6.47. The molecule has 140 valence electrons. The molecule has 0 saturated carbocycles. The summed E-state index contributed by atoms with van der Waals surface area (Å²) in [6.45, 7) is 0.113. The third kappa shape index (κ3) is 3.07. The first-order chi connectivity index (χ1) is 13.1. The second kappa shape index (κ2) is 6.86. The highest BCUT2D eigenvalue weighted by atomic mass is 19.1. The Labute approximate surface area is 155 Å². The van der Waals surface area contributed by atoms with E-state index in [0.717, 1.165) is 34.4 Å². The number of nitrogens with zero attached hydrogens (tertiary/aromatic N) is 4. The molecule has 0 radical (unpaired) electrons. The van der Waals surface area contributed by atoms with Crippen molar-refractivity contribution in [3.8, 4) is 5.88 Å². The number of anilines is 2. The molecule has 1 aliphatic heterocycles. The van der Waals surface area contributed by atoms with Gasteiger partial charge < -0.3 is 19.5 Å². The molecule has 3 aromatic heterocycles. The van der Waals surface area contributed by atoms with Crippen molar-refractivity contribution in [2.45, 2.75) is 6.42 Å². The molecule has 0 saturated heterocycles. The third-order valence-corrected chi connectivity index (χ3v) is 4.73. The summed E-state index contributed by atoms with van der Waals surface area (Å²) in [6, 6.07) is 7.23. The van der Waals surface area contributed by atoms with Gasteiger partial charge in [-0.1, -0.05) is 0 Å². The van der Waals surface area contributed by atoms with Crippen LogP contribution in [-0.2, 0) is 13.5 Å². The summed E-state index contributed by atoms with van der Waals surface area (Å²) < 4.78 is 19.5. The fourth-order valence-corrected chi connectivity index (χ4v) is 3.37. The van der Waals surface area contributed by atoms with E-state index in [2.05, 4.69) is 15.3 Å². The van der Waals surface area contributed by atoms with E-state index in [4.69, 9.17) is 4.74 Å². The maximum absolute atomic E-state index is 12.6. The van der Waals surface area contributed by atoms with E-state index in [-0.39, 0.29) is 12.5 Å². The van der Waals surface area contributed by atoms with E-state index >= 15 is 0 Å². The maximum atomic E-state index is 12.6. The zero-order chi connectivity index (χ0) is 19.0. The Morgan fingerprint density at radius 3 is 2.96 bits per heavy atom. The molecule has 0 bridgehead atoms. The van der Waals surface area contributed by atoms with Gasteiger partial charge in [-0.25, -0.2) is 14.4 Å². The number of alkyl halides is 1. The normalized spacial score (nSPS) is 13.7. The minimum atomic E-state index is -0.566. The number of nitrogens with one attached hydrogen (secondary N) is 1.